The smallest absolute Gasteiger partial charge is 0.257 e. The highest BCUT2D eigenvalue weighted by Crippen LogP contribution is 2.28. The first kappa shape index (κ1) is 20.6. The summed E-state index contributed by atoms with van der Waals surface area (Å²) in [5, 5.41) is 5.32. The minimum Gasteiger partial charge on any atom is -0.369 e. The molecule has 1 fully saturated rings. The molecule has 0 saturated carbocycles. The maximum absolute atomic E-state index is 13.1. The first-order valence-electron chi connectivity index (χ1n) is 9.62. The third-order valence-electron chi connectivity index (χ3n) is 4.82. The van der Waals surface area contributed by atoms with Crippen molar-refractivity contribution in [3.05, 3.63) is 52.4 Å². The molecule has 5 nitrogen and oxygen atoms in total. The number of nitrogens with zero attached hydrogens (tertiary/aromatic N) is 1. The zero-order valence-corrected chi connectivity index (χ0v) is 17.9. The van der Waals surface area contributed by atoms with E-state index in [0.29, 0.717) is 35.1 Å². The lowest BCUT2D eigenvalue weighted by Crippen LogP contribution is -2.53. The predicted molar refractivity (Wildman–Crippen MR) is 113 cm³/mol. The SMILES string of the molecule is CC(C)c1ccc(C(=O)Nc2sccc2C(=O)N2C[C@@H](C)OC(C)(C)C2)cc1. The average Bonchev–Trinajstić information content (AvgIpc) is 3.07. The number of hydrogen-bond acceptors (Lipinski definition) is 4. The van der Waals surface area contributed by atoms with E-state index in [1.807, 2.05) is 55.3 Å². The minimum absolute atomic E-state index is 0.0242. The molecule has 2 heterocycles. The zero-order valence-electron chi connectivity index (χ0n) is 17.1. The first-order chi connectivity index (χ1) is 13.2. The second-order valence-corrected chi connectivity index (χ2v) is 9.18. The van der Waals surface area contributed by atoms with Gasteiger partial charge in [-0.2, -0.15) is 0 Å². The average molecular weight is 401 g/mol. The van der Waals surface area contributed by atoms with Crippen molar-refractivity contribution < 1.29 is 14.3 Å². The van der Waals surface area contributed by atoms with Crippen molar-refractivity contribution in [1.29, 1.82) is 0 Å². The van der Waals surface area contributed by atoms with Crippen molar-refractivity contribution in [1.82, 2.24) is 4.90 Å². The third-order valence-corrected chi connectivity index (χ3v) is 5.65. The number of nitrogens with one attached hydrogen (secondary N) is 1. The molecule has 1 N–H and O–H groups in total. The number of benzene rings is 1. The van der Waals surface area contributed by atoms with Gasteiger partial charge >= 0.3 is 0 Å². The van der Waals surface area contributed by atoms with Crippen LogP contribution < -0.4 is 5.32 Å². The maximum atomic E-state index is 13.1. The Bertz CT molecular complexity index is 855. The van der Waals surface area contributed by atoms with E-state index in [2.05, 4.69) is 19.2 Å². The Labute approximate surface area is 170 Å². The van der Waals surface area contributed by atoms with Gasteiger partial charge in [0.25, 0.3) is 11.8 Å². The molecule has 2 amide bonds. The lowest BCUT2D eigenvalue weighted by Gasteiger charge is -2.41. The summed E-state index contributed by atoms with van der Waals surface area (Å²) >= 11 is 1.36. The van der Waals surface area contributed by atoms with Crippen LogP contribution in [0.4, 0.5) is 5.00 Å². The molecule has 0 aliphatic carbocycles. The van der Waals surface area contributed by atoms with Crippen LogP contribution in [-0.2, 0) is 4.74 Å². The van der Waals surface area contributed by atoms with Gasteiger partial charge in [-0.1, -0.05) is 26.0 Å². The van der Waals surface area contributed by atoms with Crippen LogP contribution in [0.1, 0.15) is 66.8 Å². The van der Waals surface area contributed by atoms with Gasteiger partial charge in [0.1, 0.15) is 5.00 Å². The lowest BCUT2D eigenvalue weighted by atomic mass is 10.0. The summed E-state index contributed by atoms with van der Waals surface area (Å²) in [4.78, 5) is 27.5. The highest BCUT2D eigenvalue weighted by molar-refractivity contribution is 7.14. The maximum Gasteiger partial charge on any atom is 0.257 e. The molecular formula is C22H28N2O3S. The number of carbonyl (C=O) groups is 2. The summed E-state index contributed by atoms with van der Waals surface area (Å²) in [5.41, 5.74) is 1.91. The van der Waals surface area contributed by atoms with Gasteiger partial charge in [0.2, 0.25) is 0 Å². The number of carbonyl (C=O) groups excluding carboxylic acids is 2. The highest BCUT2D eigenvalue weighted by atomic mass is 32.1. The summed E-state index contributed by atoms with van der Waals surface area (Å²) < 4.78 is 5.89. The molecule has 1 aromatic carbocycles. The molecular weight excluding hydrogens is 372 g/mol. The number of anilines is 1. The second kappa shape index (κ2) is 8.05. The van der Waals surface area contributed by atoms with Gasteiger partial charge in [-0.15, -0.1) is 11.3 Å². The highest BCUT2D eigenvalue weighted by Gasteiger charge is 2.35. The topological polar surface area (TPSA) is 58.6 Å². The number of amides is 2. The molecule has 3 rings (SSSR count). The van der Waals surface area contributed by atoms with Gasteiger partial charge in [0.05, 0.1) is 17.3 Å². The van der Waals surface area contributed by atoms with Crippen molar-refractivity contribution in [2.75, 3.05) is 18.4 Å². The van der Waals surface area contributed by atoms with Crippen molar-refractivity contribution in [3.8, 4) is 0 Å². The van der Waals surface area contributed by atoms with Crippen LogP contribution in [0.5, 0.6) is 0 Å². The molecule has 1 atom stereocenters. The van der Waals surface area contributed by atoms with E-state index in [9.17, 15) is 9.59 Å². The van der Waals surface area contributed by atoms with Gasteiger partial charge in [-0.25, -0.2) is 0 Å². The van der Waals surface area contributed by atoms with Gasteiger partial charge in [0, 0.05) is 18.7 Å². The zero-order chi connectivity index (χ0) is 20.5. The Morgan fingerprint density at radius 2 is 1.89 bits per heavy atom. The van der Waals surface area contributed by atoms with Crippen LogP contribution >= 0.6 is 11.3 Å². The summed E-state index contributed by atoms with van der Waals surface area (Å²) in [5.74, 6) is 0.135. The Hall–Kier alpha value is -2.18. The lowest BCUT2D eigenvalue weighted by molar-refractivity contribution is -0.118. The van der Waals surface area contributed by atoms with E-state index in [1.165, 1.54) is 16.9 Å². The van der Waals surface area contributed by atoms with Crippen molar-refractivity contribution in [2.45, 2.75) is 52.2 Å². The van der Waals surface area contributed by atoms with Crippen LogP contribution in [-0.4, -0.2) is 41.5 Å². The van der Waals surface area contributed by atoms with Crippen molar-refractivity contribution in [3.63, 3.8) is 0 Å². The predicted octanol–water partition coefficient (Wildman–Crippen LogP) is 4.76. The number of hydrogen-bond donors (Lipinski definition) is 1. The number of morpholine rings is 1. The molecule has 1 aliphatic rings. The van der Waals surface area contributed by atoms with Crippen LogP contribution in [0.25, 0.3) is 0 Å². The normalized spacial score (nSPS) is 18.9. The summed E-state index contributed by atoms with van der Waals surface area (Å²) in [6, 6.07) is 9.37. The molecule has 6 heteroatoms. The Kier molecular flexibility index (Phi) is 5.91. The first-order valence-corrected chi connectivity index (χ1v) is 10.5. The Balaban J connectivity index is 1.74. The van der Waals surface area contributed by atoms with Crippen molar-refractivity contribution in [2.24, 2.45) is 0 Å². The van der Waals surface area contributed by atoms with Gasteiger partial charge in [-0.05, 0) is 55.8 Å². The van der Waals surface area contributed by atoms with Crippen LogP contribution in [0, 0.1) is 0 Å². The van der Waals surface area contributed by atoms with E-state index in [-0.39, 0.29) is 23.5 Å². The Morgan fingerprint density at radius 1 is 1.21 bits per heavy atom. The number of ether oxygens (including phenoxy) is 1. The fraction of sp³-hybridized carbons (Fsp3) is 0.455. The minimum atomic E-state index is -0.384. The Morgan fingerprint density at radius 3 is 2.50 bits per heavy atom. The third kappa shape index (κ3) is 4.62. The summed E-state index contributed by atoms with van der Waals surface area (Å²) in [6.45, 7) is 11.2. The van der Waals surface area contributed by atoms with Crippen molar-refractivity contribution >= 4 is 28.2 Å². The second-order valence-electron chi connectivity index (χ2n) is 8.27. The van der Waals surface area contributed by atoms with E-state index < -0.39 is 0 Å². The van der Waals surface area contributed by atoms with E-state index in [1.54, 1.807) is 6.07 Å². The number of thiophene rings is 1. The van der Waals surface area contributed by atoms with Crippen LogP contribution in [0.2, 0.25) is 0 Å². The molecule has 1 aromatic heterocycles. The fourth-order valence-corrected chi connectivity index (χ4v) is 4.32. The van der Waals surface area contributed by atoms with Gasteiger partial charge < -0.3 is 15.0 Å². The summed E-state index contributed by atoms with van der Waals surface area (Å²) in [7, 11) is 0. The largest absolute Gasteiger partial charge is 0.369 e. The molecule has 28 heavy (non-hydrogen) atoms. The molecule has 1 saturated heterocycles. The van der Waals surface area contributed by atoms with Crippen LogP contribution in [0.3, 0.4) is 0 Å². The van der Waals surface area contributed by atoms with Gasteiger partial charge in [-0.3, -0.25) is 9.59 Å². The monoisotopic (exact) mass is 400 g/mol. The fourth-order valence-electron chi connectivity index (χ4n) is 3.55. The quantitative estimate of drug-likeness (QED) is 0.805. The van der Waals surface area contributed by atoms with E-state index >= 15 is 0 Å². The summed E-state index contributed by atoms with van der Waals surface area (Å²) in [6.07, 6.45) is -0.0242. The van der Waals surface area contributed by atoms with E-state index in [4.69, 9.17) is 4.74 Å². The van der Waals surface area contributed by atoms with Gasteiger partial charge in [0.15, 0.2) is 0 Å². The van der Waals surface area contributed by atoms with Crippen LogP contribution in [0.15, 0.2) is 35.7 Å². The molecule has 1 aliphatic heterocycles. The number of rotatable bonds is 4. The standard InChI is InChI=1S/C22H28N2O3S/c1-14(2)16-6-8-17(9-7-16)19(25)23-20-18(10-11-28-20)21(26)24-12-15(3)27-22(4,5)13-24/h6-11,14-15H,12-13H2,1-5H3,(H,23,25)/t15-/m1/s1. The molecule has 2 aromatic rings. The molecule has 0 unspecified atom stereocenters. The molecule has 0 bridgehead atoms. The molecule has 0 radical (unpaired) electrons. The van der Waals surface area contributed by atoms with E-state index in [0.717, 1.165) is 0 Å². The molecule has 150 valence electrons. The molecule has 0 spiro atoms.